The second kappa shape index (κ2) is 7.79. The normalized spacial score (nSPS) is 10.5. The van der Waals surface area contributed by atoms with Gasteiger partial charge in [-0.25, -0.2) is 4.39 Å². The number of hydrogen-bond donors (Lipinski definition) is 1. The van der Waals surface area contributed by atoms with Crippen molar-refractivity contribution in [2.45, 2.75) is 4.90 Å². The highest BCUT2D eigenvalue weighted by Gasteiger charge is 2.02. The molecule has 1 N–H and O–H groups in total. The van der Waals surface area contributed by atoms with Crippen LogP contribution in [0.5, 0.6) is 11.5 Å². The third-order valence-corrected chi connectivity index (χ3v) is 4.47. The van der Waals surface area contributed by atoms with Crippen molar-refractivity contribution in [3.8, 4) is 11.5 Å². The third kappa shape index (κ3) is 4.57. The van der Waals surface area contributed by atoms with E-state index in [9.17, 15) is 4.39 Å². The fraction of sp³-hybridized carbons (Fsp3) is 0. The molecule has 0 aliphatic heterocycles. The number of rotatable bonds is 5. The Balaban J connectivity index is 1.59. The molecule has 122 valence electrons. The van der Waals surface area contributed by atoms with Gasteiger partial charge in [0, 0.05) is 15.6 Å². The highest BCUT2D eigenvalue weighted by molar-refractivity contribution is 8.00. The van der Waals surface area contributed by atoms with Crippen LogP contribution in [0.3, 0.4) is 0 Å². The summed E-state index contributed by atoms with van der Waals surface area (Å²) in [5.41, 5.74) is 0.730. The minimum atomic E-state index is -0.434. The fourth-order valence-electron chi connectivity index (χ4n) is 1.89. The molecule has 3 rings (SSSR count). The zero-order chi connectivity index (χ0) is 16.9. The number of ether oxygens (including phenoxy) is 1. The van der Waals surface area contributed by atoms with Crippen LogP contribution >= 0.6 is 35.1 Å². The maximum Gasteiger partial charge on any atom is 0.141 e. The second-order valence-corrected chi connectivity index (χ2v) is 6.58. The van der Waals surface area contributed by atoms with Gasteiger partial charge in [-0.15, -0.1) is 0 Å². The van der Waals surface area contributed by atoms with Crippen LogP contribution in [0.25, 0.3) is 0 Å². The summed E-state index contributed by atoms with van der Waals surface area (Å²) in [4.78, 5) is 0.985. The lowest BCUT2D eigenvalue weighted by Gasteiger charge is -2.08. The summed E-state index contributed by atoms with van der Waals surface area (Å²) in [7, 11) is 0. The summed E-state index contributed by atoms with van der Waals surface area (Å²) in [5.74, 6) is 1.02. The Kier molecular flexibility index (Phi) is 5.51. The van der Waals surface area contributed by atoms with E-state index in [1.807, 2.05) is 36.4 Å². The van der Waals surface area contributed by atoms with E-state index >= 15 is 0 Å². The molecule has 0 amide bonds. The topological polar surface area (TPSA) is 21.3 Å². The van der Waals surface area contributed by atoms with Crippen LogP contribution in [0.4, 0.5) is 10.1 Å². The molecule has 6 heteroatoms. The van der Waals surface area contributed by atoms with Crippen molar-refractivity contribution in [2.24, 2.45) is 0 Å². The lowest BCUT2D eigenvalue weighted by molar-refractivity contribution is 0.482. The number of benzene rings is 3. The zero-order valence-corrected chi connectivity index (χ0v) is 14.6. The first kappa shape index (κ1) is 17.0. The average Bonchev–Trinajstić information content (AvgIpc) is 2.59. The Morgan fingerprint density at radius 1 is 0.833 bits per heavy atom. The van der Waals surface area contributed by atoms with Gasteiger partial charge in [-0.2, -0.15) is 0 Å². The minimum absolute atomic E-state index is 0.0901. The van der Waals surface area contributed by atoms with Gasteiger partial charge < -0.3 is 9.46 Å². The van der Waals surface area contributed by atoms with Crippen LogP contribution in [-0.2, 0) is 0 Å². The van der Waals surface area contributed by atoms with Crippen molar-refractivity contribution in [3.05, 3.63) is 82.6 Å². The molecule has 0 saturated heterocycles. The first-order chi connectivity index (χ1) is 11.6. The number of anilines is 1. The SMILES string of the molecule is Fc1ccc(NSc2ccc(Oc3ccc(Cl)cc3)cc2)cc1Cl. The quantitative estimate of drug-likeness (QED) is 0.480. The highest BCUT2D eigenvalue weighted by Crippen LogP contribution is 2.28. The predicted octanol–water partition coefficient (Wildman–Crippen LogP) is 7.04. The van der Waals surface area contributed by atoms with Crippen molar-refractivity contribution < 1.29 is 9.13 Å². The van der Waals surface area contributed by atoms with Crippen molar-refractivity contribution in [1.29, 1.82) is 0 Å². The van der Waals surface area contributed by atoms with E-state index in [0.717, 1.165) is 22.1 Å². The lowest BCUT2D eigenvalue weighted by Crippen LogP contribution is -1.88. The van der Waals surface area contributed by atoms with Gasteiger partial charge in [-0.05, 0) is 78.7 Å². The van der Waals surface area contributed by atoms with E-state index in [2.05, 4.69) is 4.72 Å². The standard InChI is InChI=1S/C18H12Cl2FNOS/c19-12-1-4-14(5-2-12)23-15-6-8-16(9-7-15)24-22-13-3-10-18(21)17(20)11-13/h1-11,22H. The molecule has 0 radical (unpaired) electrons. The Morgan fingerprint density at radius 2 is 1.46 bits per heavy atom. The van der Waals surface area contributed by atoms with E-state index in [4.69, 9.17) is 27.9 Å². The molecule has 2 nitrogen and oxygen atoms in total. The molecule has 0 bridgehead atoms. The second-order valence-electron chi connectivity index (χ2n) is 4.86. The van der Waals surface area contributed by atoms with Gasteiger partial charge >= 0.3 is 0 Å². The smallest absolute Gasteiger partial charge is 0.141 e. The maximum atomic E-state index is 13.1. The van der Waals surface area contributed by atoms with Crippen LogP contribution in [0.15, 0.2) is 71.6 Å². The van der Waals surface area contributed by atoms with Crippen molar-refractivity contribution in [3.63, 3.8) is 0 Å². The Morgan fingerprint density at radius 3 is 2.08 bits per heavy atom. The molecular weight excluding hydrogens is 368 g/mol. The summed E-state index contributed by atoms with van der Waals surface area (Å²) in [5, 5.41) is 0.758. The molecule has 0 unspecified atom stereocenters. The number of nitrogens with one attached hydrogen (secondary N) is 1. The first-order valence-electron chi connectivity index (χ1n) is 7.01. The zero-order valence-electron chi connectivity index (χ0n) is 12.3. The summed E-state index contributed by atoms with van der Waals surface area (Å²) in [6.45, 7) is 0. The molecule has 3 aromatic carbocycles. The molecule has 0 aliphatic rings. The van der Waals surface area contributed by atoms with Crippen molar-refractivity contribution in [1.82, 2.24) is 0 Å². The molecule has 0 spiro atoms. The van der Waals surface area contributed by atoms with E-state index in [-0.39, 0.29) is 5.02 Å². The summed E-state index contributed by atoms with van der Waals surface area (Å²) < 4.78 is 22.0. The van der Waals surface area contributed by atoms with E-state index in [1.165, 1.54) is 18.0 Å². The summed E-state index contributed by atoms with van der Waals surface area (Å²) in [6, 6.07) is 19.3. The maximum absolute atomic E-state index is 13.1. The van der Waals surface area contributed by atoms with Gasteiger partial charge in [-0.1, -0.05) is 23.2 Å². The van der Waals surface area contributed by atoms with Gasteiger partial charge in [0.15, 0.2) is 0 Å². The van der Waals surface area contributed by atoms with Crippen molar-refractivity contribution in [2.75, 3.05) is 4.72 Å². The summed E-state index contributed by atoms with van der Waals surface area (Å²) >= 11 is 13.0. The van der Waals surface area contributed by atoms with Gasteiger partial charge in [0.1, 0.15) is 17.3 Å². The van der Waals surface area contributed by atoms with E-state index in [0.29, 0.717) is 5.02 Å². The Hall–Kier alpha value is -1.88. The van der Waals surface area contributed by atoms with Crippen LogP contribution < -0.4 is 9.46 Å². The molecule has 0 aromatic heterocycles. The predicted molar refractivity (Wildman–Crippen MR) is 98.9 cm³/mol. The van der Waals surface area contributed by atoms with Crippen LogP contribution in [-0.4, -0.2) is 0 Å². The molecule has 0 aliphatic carbocycles. The summed E-state index contributed by atoms with van der Waals surface area (Å²) in [6.07, 6.45) is 0. The molecule has 0 atom stereocenters. The Bertz CT molecular complexity index is 825. The van der Waals surface area contributed by atoms with Gasteiger partial charge in [0.2, 0.25) is 0 Å². The molecule has 0 saturated carbocycles. The van der Waals surface area contributed by atoms with Crippen LogP contribution in [0.1, 0.15) is 0 Å². The van der Waals surface area contributed by atoms with E-state index in [1.54, 1.807) is 24.3 Å². The van der Waals surface area contributed by atoms with Crippen LogP contribution in [0.2, 0.25) is 10.0 Å². The lowest BCUT2D eigenvalue weighted by atomic mass is 10.3. The Labute approximate surface area is 153 Å². The van der Waals surface area contributed by atoms with Gasteiger partial charge in [0.05, 0.1) is 5.02 Å². The van der Waals surface area contributed by atoms with E-state index < -0.39 is 5.82 Å². The van der Waals surface area contributed by atoms with Gasteiger partial charge in [0.25, 0.3) is 0 Å². The molecule has 24 heavy (non-hydrogen) atoms. The monoisotopic (exact) mass is 379 g/mol. The highest BCUT2D eigenvalue weighted by atomic mass is 35.5. The number of hydrogen-bond acceptors (Lipinski definition) is 3. The van der Waals surface area contributed by atoms with Crippen molar-refractivity contribution >= 4 is 40.8 Å². The molecule has 0 heterocycles. The molecule has 3 aromatic rings. The molecule has 0 fully saturated rings. The minimum Gasteiger partial charge on any atom is -0.457 e. The van der Waals surface area contributed by atoms with Crippen LogP contribution in [0, 0.1) is 5.82 Å². The van der Waals surface area contributed by atoms with Gasteiger partial charge in [-0.3, -0.25) is 0 Å². The average molecular weight is 380 g/mol. The first-order valence-corrected chi connectivity index (χ1v) is 8.59. The third-order valence-electron chi connectivity index (χ3n) is 3.08. The largest absolute Gasteiger partial charge is 0.457 e. The number of halogens is 3. The molecular formula is C18H12Cl2FNOS. The fourth-order valence-corrected chi connectivity index (χ4v) is 2.83.